The molecule has 1 aromatic rings. The van der Waals surface area contributed by atoms with E-state index >= 15 is 0 Å². The maximum absolute atomic E-state index is 12.9. The molecule has 2 saturated heterocycles. The highest BCUT2D eigenvalue weighted by atomic mass is 35.5. The van der Waals surface area contributed by atoms with Gasteiger partial charge in [0.05, 0.1) is 15.5 Å². The molecule has 1 atom stereocenters. The van der Waals surface area contributed by atoms with Gasteiger partial charge in [-0.1, -0.05) is 24.4 Å². The summed E-state index contributed by atoms with van der Waals surface area (Å²) >= 11 is 7.98. The highest BCUT2D eigenvalue weighted by Crippen LogP contribution is 2.25. The Morgan fingerprint density at radius 2 is 1.80 bits per heavy atom. The largest absolute Gasteiger partial charge is 0.352 e. The normalized spacial score (nSPS) is 20.5. The van der Waals surface area contributed by atoms with Gasteiger partial charge < -0.3 is 10.2 Å². The van der Waals surface area contributed by atoms with E-state index in [4.69, 9.17) is 11.6 Å². The van der Waals surface area contributed by atoms with Gasteiger partial charge in [0, 0.05) is 37.2 Å². The summed E-state index contributed by atoms with van der Waals surface area (Å²) in [7, 11) is -3.61. The van der Waals surface area contributed by atoms with Crippen molar-refractivity contribution in [3.05, 3.63) is 28.8 Å². The molecule has 6 nitrogen and oxygen atoms in total. The van der Waals surface area contributed by atoms with Crippen LogP contribution in [0, 0.1) is 0 Å². The number of halogens is 1. The number of thioether (sulfide) groups is 1. The van der Waals surface area contributed by atoms with Crippen LogP contribution in [-0.2, 0) is 10.0 Å². The molecule has 30 heavy (non-hydrogen) atoms. The van der Waals surface area contributed by atoms with E-state index < -0.39 is 10.0 Å². The Labute approximate surface area is 189 Å². The zero-order valence-electron chi connectivity index (χ0n) is 17.6. The number of sulfonamides is 1. The molecule has 0 bridgehead atoms. The van der Waals surface area contributed by atoms with E-state index in [1.165, 1.54) is 48.2 Å². The summed E-state index contributed by atoms with van der Waals surface area (Å²) in [6.45, 7) is 5.96. The van der Waals surface area contributed by atoms with Crippen molar-refractivity contribution < 1.29 is 13.2 Å². The summed E-state index contributed by atoms with van der Waals surface area (Å²) in [6, 6.07) is 4.80. The lowest BCUT2D eigenvalue weighted by atomic mass is 10.1. The van der Waals surface area contributed by atoms with Gasteiger partial charge in [0.25, 0.3) is 5.91 Å². The van der Waals surface area contributed by atoms with Crippen LogP contribution >= 0.6 is 23.4 Å². The minimum Gasteiger partial charge on any atom is -0.352 e. The lowest BCUT2D eigenvalue weighted by Crippen LogP contribution is -2.38. The van der Waals surface area contributed by atoms with Gasteiger partial charge >= 0.3 is 0 Å². The average Bonchev–Trinajstić information content (AvgIpc) is 3.04. The summed E-state index contributed by atoms with van der Waals surface area (Å²) in [5.41, 5.74) is 0.214. The number of hydrogen-bond donors (Lipinski definition) is 1. The van der Waals surface area contributed by atoms with Crippen LogP contribution in [0.15, 0.2) is 23.1 Å². The molecule has 0 saturated carbocycles. The van der Waals surface area contributed by atoms with Gasteiger partial charge in [-0.2, -0.15) is 16.1 Å². The molecule has 168 valence electrons. The van der Waals surface area contributed by atoms with Crippen molar-refractivity contribution in [1.82, 2.24) is 14.5 Å². The van der Waals surface area contributed by atoms with Crippen LogP contribution in [-0.4, -0.2) is 73.8 Å². The van der Waals surface area contributed by atoms with Crippen molar-refractivity contribution in [1.29, 1.82) is 0 Å². The van der Waals surface area contributed by atoms with Crippen molar-refractivity contribution in [3.63, 3.8) is 0 Å². The maximum Gasteiger partial charge on any atom is 0.252 e. The number of carbonyl (C=O) groups is 1. The van der Waals surface area contributed by atoms with Crippen molar-refractivity contribution in [2.75, 3.05) is 44.2 Å². The second-order valence-corrected chi connectivity index (χ2v) is 11.6. The van der Waals surface area contributed by atoms with E-state index in [0.29, 0.717) is 25.7 Å². The van der Waals surface area contributed by atoms with Gasteiger partial charge in [0.2, 0.25) is 10.0 Å². The maximum atomic E-state index is 12.9. The van der Waals surface area contributed by atoms with Gasteiger partial charge in [-0.15, -0.1) is 0 Å². The molecule has 1 amide bonds. The Hall–Kier alpha value is -0.800. The monoisotopic (exact) mass is 473 g/mol. The molecule has 0 radical (unpaired) electrons. The lowest BCUT2D eigenvalue weighted by Gasteiger charge is -2.27. The predicted molar refractivity (Wildman–Crippen MR) is 124 cm³/mol. The van der Waals surface area contributed by atoms with E-state index in [-0.39, 0.29) is 21.4 Å². The first-order valence-corrected chi connectivity index (χ1v) is 13.8. The number of nitrogens with one attached hydrogen (secondary N) is 1. The standard InChI is InChI=1S/C21H32ClN3O3S2/c1-17(24-10-4-2-3-5-11-24)8-9-23-21(26)19-16-18(6-7-20(19)22)30(27,28)25-12-14-29-15-13-25/h6-7,16-17H,2-5,8-15H2,1H3,(H,23,26)/t17-/m1/s1. The Bertz CT molecular complexity index is 821. The molecule has 9 heteroatoms. The van der Waals surface area contributed by atoms with E-state index in [9.17, 15) is 13.2 Å². The number of hydrogen-bond acceptors (Lipinski definition) is 5. The Balaban J connectivity index is 1.60. The summed E-state index contributed by atoms with van der Waals surface area (Å²) in [4.78, 5) is 15.3. The fraction of sp³-hybridized carbons (Fsp3) is 0.667. The molecule has 2 aliphatic rings. The molecule has 3 rings (SSSR count). The van der Waals surface area contributed by atoms with Crippen LogP contribution in [0.3, 0.4) is 0 Å². The zero-order chi connectivity index (χ0) is 21.6. The first-order valence-electron chi connectivity index (χ1n) is 10.8. The molecule has 0 aliphatic carbocycles. The molecule has 1 N–H and O–H groups in total. The zero-order valence-corrected chi connectivity index (χ0v) is 20.0. The van der Waals surface area contributed by atoms with Crippen LogP contribution in [0.1, 0.15) is 49.4 Å². The van der Waals surface area contributed by atoms with E-state index in [1.54, 1.807) is 11.8 Å². The van der Waals surface area contributed by atoms with E-state index in [2.05, 4.69) is 17.1 Å². The lowest BCUT2D eigenvalue weighted by molar-refractivity contribution is 0.0948. The Morgan fingerprint density at radius 3 is 2.47 bits per heavy atom. The van der Waals surface area contributed by atoms with Crippen molar-refractivity contribution in [3.8, 4) is 0 Å². The average molecular weight is 474 g/mol. The molecular formula is C21H32ClN3O3S2. The van der Waals surface area contributed by atoms with E-state index in [1.807, 2.05) is 0 Å². The molecule has 2 aliphatic heterocycles. The smallest absolute Gasteiger partial charge is 0.252 e. The first kappa shape index (κ1) is 23.9. The quantitative estimate of drug-likeness (QED) is 0.656. The third kappa shape index (κ3) is 6.13. The fourth-order valence-electron chi connectivity index (χ4n) is 3.98. The van der Waals surface area contributed by atoms with Gasteiger partial charge in [-0.3, -0.25) is 4.79 Å². The van der Waals surface area contributed by atoms with Crippen LogP contribution < -0.4 is 5.32 Å². The van der Waals surface area contributed by atoms with Crippen molar-refractivity contribution in [2.24, 2.45) is 0 Å². The molecule has 2 heterocycles. The molecule has 2 fully saturated rings. The number of carbonyl (C=O) groups excluding carboxylic acids is 1. The van der Waals surface area contributed by atoms with Gasteiger partial charge in [0.1, 0.15) is 0 Å². The fourth-order valence-corrected chi connectivity index (χ4v) is 6.79. The van der Waals surface area contributed by atoms with Crippen LogP contribution in [0.2, 0.25) is 5.02 Å². The summed E-state index contributed by atoms with van der Waals surface area (Å²) < 4.78 is 27.3. The molecule has 0 spiro atoms. The first-order chi connectivity index (χ1) is 14.4. The number of rotatable bonds is 7. The van der Waals surface area contributed by atoms with E-state index in [0.717, 1.165) is 31.0 Å². The summed E-state index contributed by atoms with van der Waals surface area (Å²) in [5, 5.41) is 3.19. The highest BCUT2D eigenvalue weighted by Gasteiger charge is 2.27. The van der Waals surface area contributed by atoms with Crippen molar-refractivity contribution in [2.45, 2.75) is 50.0 Å². The minimum atomic E-state index is -3.61. The second-order valence-electron chi connectivity index (χ2n) is 8.00. The summed E-state index contributed by atoms with van der Waals surface area (Å²) in [5.74, 6) is 1.25. The Morgan fingerprint density at radius 1 is 1.13 bits per heavy atom. The topological polar surface area (TPSA) is 69.7 Å². The number of benzene rings is 1. The minimum absolute atomic E-state index is 0.127. The Kier molecular flexibility index (Phi) is 8.89. The molecular weight excluding hydrogens is 442 g/mol. The van der Waals surface area contributed by atoms with Gasteiger partial charge in [0.15, 0.2) is 0 Å². The van der Waals surface area contributed by atoms with Crippen LogP contribution in [0.25, 0.3) is 0 Å². The van der Waals surface area contributed by atoms with Crippen LogP contribution in [0.5, 0.6) is 0 Å². The third-order valence-electron chi connectivity index (χ3n) is 5.90. The SMILES string of the molecule is C[C@H](CCNC(=O)c1cc(S(=O)(=O)N2CCSCC2)ccc1Cl)N1CCCCCC1. The number of nitrogens with zero attached hydrogens (tertiary/aromatic N) is 2. The predicted octanol–water partition coefficient (Wildman–Crippen LogP) is 3.46. The molecule has 0 unspecified atom stereocenters. The second kappa shape index (κ2) is 11.2. The number of amides is 1. The third-order valence-corrected chi connectivity index (χ3v) is 9.07. The summed E-state index contributed by atoms with van der Waals surface area (Å²) in [6.07, 6.45) is 5.93. The molecule has 1 aromatic carbocycles. The number of likely N-dealkylation sites (tertiary alicyclic amines) is 1. The highest BCUT2D eigenvalue weighted by molar-refractivity contribution is 7.99. The van der Waals surface area contributed by atoms with Crippen LogP contribution in [0.4, 0.5) is 0 Å². The van der Waals surface area contributed by atoms with Gasteiger partial charge in [-0.05, 0) is 57.5 Å². The van der Waals surface area contributed by atoms with Gasteiger partial charge in [-0.25, -0.2) is 8.42 Å². The van der Waals surface area contributed by atoms with Crippen molar-refractivity contribution >= 4 is 39.3 Å². The molecule has 0 aromatic heterocycles.